The standard InChI is InChI=1S/C15H20N4/c1-19-15(13-8-6-11(10-16)7-9-13)17-14(18-19)12-4-2-3-5-12/h6-9,12H,2-5,10,16H2,1H3. The average molecular weight is 256 g/mol. The molecule has 2 N–H and O–H groups in total. The highest BCUT2D eigenvalue weighted by molar-refractivity contribution is 5.55. The Hall–Kier alpha value is -1.68. The molecule has 19 heavy (non-hydrogen) atoms. The van der Waals surface area contributed by atoms with E-state index in [2.05, 4.69) is 29.4 Å². The third-order valence-corrected chi connectivity index (χ3v) is 3.95. The van der Waals surface area contributed by atoms with E-state index in [4.69, 9.17) is 10.7 Å². The SMILES string of the molecule is Cn1nc(C2CCCC2)nc1-c1ccc(CN)cc1. The molecule has 1 saturated carbocycles. The molecular weight excluding hydrogens is 236 g/mol. The molecule has 1 heterocycles. The van der Waals surface area contributed by atoms with Crippen LogP contribution in [0.2, 0.25) is 0 Å². The molecule has 2 aromatic rings. The second-order valence-corrected chi connectivity index (χ2v) is 5.30. The average Bonchev–Trinajstić information content (AvgIpc) is 3.08. The van der Waals surface area contributed by atoms with Gasteiger partial charge in [-0.15, -0.1) is 0 Å². The molecule has 100 valence electrons. The Balaban J connectivity index is 1.90. The Bertz CT molecular complexity index is 550. The van der Waals surface area contributed by atoms with Crippen molar-refractivity contribution in [2.45, 2.75) is 38.1 Å². The van der Waals surface area contributed by atoms with Crippen LogP contribution in [-0.2, 0) is 13.6 Å². The zero-order valence-corrected chi connectivity index (χ0v) is 11.3. The predicted molar refractivity (Wildman–Crippen MR) is 75.5 cm³/mol. The Morgan fingerprint density at radius 3 is 2.53 bits per heavy atom. The van der Waals surface area contributed by atoms with Crippen molar-refractivity contribution in [2.24, 2.45) is 12.8 Å². The van der Waals surface area contributed by atoms with E-state index in [1.165, 1.54) is 25.7 Å². The summed E-state index contributed by atoms with van der Waals surface area (Å²) in [5.41, 5.74) is 7.87. The topological polar surface area (TPSA) is 56.7 Å². The number of aromatic nitrogens is 3. The minimum absolute atomic E-state index is 0.559. The lowest BCUT2D eigenvalue weighted by Crippen LogP contribution is -1.98. The second kappa shape index (κ2) is 5.13. The van der Waals surface area contributed by atoms with Gasteiger partial charge in [-0.05, 0) is 18.4 Å². The molecule has 4 heteroatoms. The van der Waals surface area contributed by atoms with Crippen molar-refractivity contribution in [2.75, 3.05) is 0 Å². The summed E-state index contributed by atoms with van der Waals surface area (Å²) in [6.07, 6.45) is 5.08. The van der Waals surface area contributed by atoms with E-state index < -0.39 is 0 Å². The summed E-state index contributed by atoms with van der Waals surface area (Å²) in [6, 6.07) is 8.26. The lowest BCUT2D eigenvalue weighted by Gasteiger charge is -2.01. The normalized spacial score (nSPS) is 16.1. The van der Waals surface area contributed by atoms with Crippen LogP contribution in [-0.4, -0.2) is 14.8 Å². The number of nitrogens with two attached hydrogens (primary N) is 1. The molecule has 1 aromatic carbocycles. The van der Waals surface area contributed by atoms with E-state index in [-0.39, 0.29) is 0 Å². The molecule has 0 unspecified atom stereocenters. The minimum Gasteiger partial charge on any atom is -0.326 e. The van der Waals surface area contributed by atoms with Gasteiger partial charge >= 0.3 is 0 Å². The fourth-order valence-electron chi connectivity index (χ4n) is 2.80. The molecule has 0 radical (unpaired) electrons. The van der Waals surface area contributed by atoms with Crippen molar-refractivity contribution in [3.05, 3.63) is 35.7 Å². The van der Waals surface area contributed by atoms with Crippen LogP contribution in [0.3, 0.4) is 0 Å². The molecule has 1 fully saturated rings. The first-order valence-corrected chi connectivity index (χ1v) is 6.98. The van der Waals surface area contributed by atoms with E-state index >= 15 is 0 Å². The maximum atomic E-state index is 5.62. The summed E-state index contributed by atoms with van der Waals surface area (Å²) in [7, 11) is 1.97. The van der Waals surface area contributed by atoms with Crippen molar-refractivity contribution in [3.63, 3.8) is 0 Å². The summed E-state index contributed by atoms with van der Waals surface area (Å²) in [4.78, 5) is 4.74. The fraction of sp³-hybridized carbons (Fsp3) is 0.467. The van der Waals surface area contributed by atoms with Gasteiger partial charge in [-0.25, -0.2) is 9.67 Å². The molecule has 0 amide bonds. The van der Waals surface area contributed by atoms with E-state index in [0.717, 1.165) is 22.8 Å². The Labute approximate surface area is 113 Å². The maximum Gasteiger partial charge on any atom is 0.158 e. The number of nitrogens with zero attached hydrogens (tertiary/aromatic N) is 3. The van der Waals surface area contributed by atoms with Crippen LogP contribution >= 0.6 is 0 Å². The molecule has 0 bridgehead atoms. The molecule has 1 aliphatic rings. The van der Waals surface area contributed by atoms with Gasteiger partial charge in [0.2, 0.25) is 0 Å². The first kappa shape index (κ1) is 12.4. The molecular formula is C15H20N4. The Morgan fingerprint density at radius 1 is 1.21 bits per heavy atom. The van der Waals surface area contributed by atoms with Crippen molar-refractivity contribution in [1.82, 2.24) is 14.8 Å². The van der Waals surface area contributed by atoms with Gasteiger partial charge in [0, 0.05) is 25.1 Å². The quantitative estimate of drug-likeness (QED) is 0.918. The van der Waals surface area contributed by atoms with Crippen molar-refractivity contribution in [1.29, 1.82) is 0 Å². The first-order valence-electron chi connectivity index (χ1n) is 6.98. The molecule has 1 aliphatic carbocycles. The van der Waals surface area contributed by atoms with E-state index in [1.54, 1.807) is 0 Å². The van der Waals surface area contributed by atoms with E-state index in [0.29, 0.717) is 12.5 Å². The third-order valence-electron chi connectivity index (χ3n) is 3.95. The monoisotopic (exact) mass is 256 g/mol. The minimum atomic E-state index is 0.559. The van der Waals surface area contributed by atoms with Gasteiger partial charge in [0.05, 0.1) is 0 Å². The van der Waals surface area contributed by atoms with Crippen LogP contribution in [0.1, 0.15) is 43.0 Å². The summed E-state index contributed by atoms with van der Waals surface area (Å²) in [5, 5.41) is 4.59. The molecule has 1 aromatic heterocycles. The van der Waals surface area contributed by atoms with E-state index in [1.807, 2.05) is 11.7 Å². The summed E-state index contributed by atoms with van der Waals surface area (Å²) >= 11 is 0. The lowest BCUT2D eigenvalue weighted by atomic mass is 10.1. The third kappa shape index (κ3) is 2.40. The highest BCUT2D eigenvalue weighted by atomic mass is 15.3. The van der Waals surface area contributed by atoms with Crippen LogP contribution in [0.4, 0.5) is 0 Å². The Morgan fingerprint density at radius 2 is 1.89 bits per heavy atom. The summed E-state index contributed by atoms with van der Waals surface area (Å²) in [5.74, 6) is 2.52. The predicted octanol–water partition coefficient (Wildman–Crippen LogP) is 2.60. The van der Waals surface area contributed by atoms with Gasteiger partial charge in [0.1, 0.15) is 0 Å². The molecule has 0 spiro atoms. The van der Waals surface area contributed by atoms with Crippen LogP contribution in [0.15, 0.2) is 24.3 Å². The van der Waals surface area contributed by atoms with Gasteiger partial charge in [-0.1, -0.05) is 37.1 Å². The number of hydrogen-bond donors (Lipinski definition) is 1. The number of rotatable bonds is 3. The smallest absolute Gasteiger partial charge is 0.158 e. The zero-order chi connectivity index (χ0) is 13.2. The summed E-state index contributed by atoms with van der Waals surface area (Å²) in [6.45, 7) is 0.576. The highest BCUT2D eigenvalue weighted by Crippen LogP contribution is 2.33. The van der Waals surface area contributed by atoms with Crippen LogP contribution in [0.25, 0.3) is 11.4 Å². The summed E-state index contributed by atoms with van der Waals surface area (Å²) < 4.78 is 1.89. The molecule has 0 aliphatic heterocycles. The zero-order valence-electron chi connectivity index (χ0n) is 11.3. The van der Waals surface area contributed by atoms with Gasteiger partial charge in [-0.2, -0.15) is 5.10 Å². The molecule has 0 saturated heterocycles. The largest absolute Gasteiger partial charge is 0.326 e. The maximum absolute atomic E-state index is 5.62. The molecule has 3 rings (SSSR count). The van der Waals surface area contributed by atoms with Crippen molar-refractivity contribution >= 4 is 0 Å². The van der Waals surface area contributed by atoms with Crippen molar-refractivity contribution < 1.29 is 0 Å². The van der Waals surface area contributed by atoms with Crippen LogP contribution in [0.5, 0.6) is 0 Å². The number of benzene rings is 1. The van der Waals surface area contributed by atoms with Gasteiger partial charge in [0.25, 0.3) is 0 Å². The number of hydrogen-bond acceptors (Lipinski definition) is 3. The number of aryl methyl sites for hydroxylation is 1. The fourth-order valence-corrected chi connectivity index (χ4v) is 2.80. The molecule has 4 nitrogen and oxygen atoms in total. The molecule has 0 atom stereocenters. The van der Waals surface area contributed by atoms with Crippen LogP contribution < -0.4 is 5.73 Å². The van der Waals surface area contributed by atoms with Crippen LogP contribution in [0, 0.1) is 0 Å². The van der Waals surface area contributed by atoms with Gasteiger partial charge < -0.3 is 5.73 Å². The van der Waals surface area contributed by atoms with E-state index in [9.17, 15) is 0 Å². The first-order chi connectivity index (χ1) is 9.28. The van der Waals surface area contributed by atoms with Gasteiger partial charge in [0.15, 0.2) is 11.6 Å². The van der Waals surface area contributed by atoms with Crippen molar-refractivity contribution in [3.8, 4) is 11.4 Å². The Kier molecular flexibility index (Phi) is 3.34. The highest BCUT2D eigenvalue weighted by Gasteiger charge is 2.22. The lowest BCUT2D eigenvalue weighted by molar-refractivity contribution is 0.648. The second-order valence-electron chi connectivity index (χ2n) is 5.30. The van der Waals surface area contributed by atoms with Gasteiger partial charge in [-0.3, -0.25) is 0 Å².